The molecule has 0 atom stereocenters. The summed E-state index contributed by atoms with van der Waals surface area (Å²) in [6.07, 6.45) is 0.777. The Bertz CT molecular complexity index is 491. The molecule has 1 rings (SSSR count). The first-order chi connectivity index (χ1) is 9.40. The normalized spacial score (nSPS) is 10.4. The van der Waals surface area contributed by atoms with Gasteiger partial charge in [0.15, 0.2) is 0 Å². The smallest absolute Gasteiger partial charge is 0.313 e. The number of rotatable bonds is 5. The number of amides is 2. The number of carbonyl (C=O) groups is 2. The zero-order valence-electron chi connectivity index (χ0n) is 11.6. The third-order valence-corrected chi connectivity index (χ3v) is 2.86. The minimum Gasteiger partial charge on any atom is -0.398 e. The molecule has 20 heavy (non-hydrogen) atoms. The van der Waals surface area contributed by atoms with E-state index in [-0.39, 0.29) is 0 Å². The average Bonchev–Trinajstić information content (AvgIpc) is 2.38. The average molecular weight is 299 g/mol. The summed E-state index contributed by atoms with van der Waals surface area (Å²) in [5.41, 5.74) is 6.40. The maximum Gasteiger partial charge on any atom is 0.313 e. The van der Waals surface area contributed by atoms with Crippen molar-refractivity contribution in [3.63, 3.8) is 0 Å². The third-order valence-electron chi connectivity index (χ3n) is 2.53. The van der Waals surface area contributed by atoms with Crippen LogP contribution in [0.2, 0.25) is 5.02 Å². The molecule has 1 aromatic rings. The van der Waals surface area contributed by atoms with Crippen LogP contribution in [-0.4, -0.2) is 43.9 Å². The molecule has 1 aromatic carbocycles. The molecular weight excluding hydrogens is 280 g/mol. The van der Waals surface area contributed by atoms with Crippen molar-refractivity contribution < 1.29 is 9.59 Å². The number of benzene rings is 1. The van der Waals surface area contributed by atoms with Crippen molar-refractivity contribution in [1.29, 1.82) is 0 Å². The van der Waals surface area contributed by atoms with E-state index in [2.05, 4.69) is 10.6 Å². The van der Waals surface area contributed by atoms with Gasteiger partial charge in [0.25, 0.3) is 0 Å². The molecule has 6 nitrogen and oxygen atoms in total. The van der Waals surface area contributed by atoms with E-state index < -0.39 is 11.8 Å². The van der Waals surface area contributed by atoms with Gasteiger partial charge < -0.3 is 21.3 Å². The molecule has 0 aliphatic carbocycles. The maximum atomic E-state index is 11.6. The highest BCUT2D eigenvalue weighted by Crippen LogP contribution is 2.22. The summed E-state index contributed by atoms with van der Waals surface area (Å²) in [6, 6.07) is 4.64. The van der Waals surface area contributed by atoms with E-state index in [1.165, 1.54) is 6.07 Å². The fourth-order valence-electron chi connectivity index (χ4n) is 1.47. The molecule has 0 heterocycles. The Balaban J connectivity index is 2.41. The zero-order chi connectivity index (χ0) is 15.1. The quantitative estimate of drug-likeness (QED) is 0.429. The van der Waals surface area contributed by atoms with Gasteiger partial charge in [0, 0.05) is 12.2 Å². The van der Waals surface area contributed by atoms with Gasteiger partial charge in [-0.1, -0.05) is 11.6 Å². The number of hydrogen-bond acceptors (Lipinski definition) is 4. The Morgan fingerprint density at radius 2 is 2.00 bits per heavy atom. The molecule has 0 aliphatic heterocycles. The molecule has 4 N–H and O–H groups in total. The summed E-state index contributed by atoms with van der Waals surface area (Å²) in [5.74, 6) is -1.40. The van der Waals surface area contributed by atoms with Crippen LogP contribution in [0, 0.1) is 0 Å². The predicted octanol–water partition coefficient (Wildman–Crippen LogP) is 0.929. The molecule has 2 amide bonds. The van der Waals surface area contributed by atoms with Crippen LogP contribution in [0.25, 0.3) is 0 Å². The number of carbonyl (C=O) groups excluding carboxylic acids is 2. The molecule has 0 aromatic heterocycles. The number of halogens is 1. The second kappa shape index (κ2) is 7.72. The Hall–Kier alpha value is -1.79. The van der Waals surface area contributed by atoms with Gasteiger partial charge in [-0.2, -0.15) is 0 Å². The van der Waals surface area contributed by atoms with Crippen LogP contribution in [0.1, 0.15) is 6.42 Å². The van der Waals surface area contributed by atoms with Gasteiger partial charge in [-0.15, -0.1) is 0 Å². The van der Waals surface area contributed by atoms with E-state index in [1.54, 1.807) is 12.1 Å². The first-order valence-electron chi connectivity index (χ1n) is 6.19. The number of nitrogens with one attached hydrogen (secondary N) is 2. The highest BCUT2D eigenvalue weighted by atomic mass is 35.5. The Kier molecular flexibility index (Phi) is 6.27. The highest BCUT2D eigenvalue weighted by molar-refractivity contribution is 6.40. The summed E-state index contributed by atoms with van der Waals surface area (Å²) in [6.45, 7) is 1.29. The number of nitrogen functional groups attached to an aromatic ring is 1. The minimum atomic E-state index is -0.726. The predicted molar refractivity (Wildman–Crippen MR) is 80.7 cm³/mol. The van der Waals surface area contributed by atoms with E-state index in [0.29, 0.717) is 22.9 Å². The van der Waals surface area contributed by atoms with E-state index in [1.807, 2.05) is 19.0 Å². The number of nitrogens with zero attached hydrogens (tertiary/aromatic N) is 1. The van der Waals surface area contributed by atoms with Gasteiger partial charge in [-0.05, 0) is 45.3 Å². The molecule has 0 radical (unpaired) electrons. The van der Waals surface area contributed by atoms with Crippen molar-refractivity contribution in [3.05, 3.63) is 23.2 Å². The summed E-state index contributed by atoms with van der Waals surface area (Å²) in [7, 11) is 3.89. The molecule has 0 fully saturated rings. The number of hydrogen-bond donors (Lipinski definition) is 3. The molecule has 0 bridgehead atoms. The second-order valence-electron chi connectivity index (χ2n) is 4.60. The first-order valence-corrected chi connectivity index (χ1v) is 6.57. The van der Waals surface area contributed by atoms with Crippen molar-refractivity contribution >= 4 is 34.8 Å². The number of anilines is 2. The maximum absolute atomic E-state index is 11.6. The van der Waals surface area contributed by atoms with Crippen molar-refractivity contribution in [2.75, 3.05) is 38.2 Å². The Morgan fingerprint density at radius 1 is 1.30 bits per heavy atom. The Morgan fingerprint density at radius 3 is 2.60 bits per heavy atom. The lowest BCUT2D eigenvalue weighted by Gasteiger charge is -2.10. The fourth-order valence-corrected chi connectivity index (χ4v) is 1.65. The monoisotopic (exact) mass is 298 g/mol. The standard InChI is InChI=1S/C13H19ClN4O2/c1-18(2)7-3-6-16-12(19)13(20)17-9-4-5-11(15)10(14)8-9/h4-5,8H,3,6-7,15H2,1-2H3,(H,16,19)(H,17,20). The van der Waals surface area contributed by atoms with Crippen molar-refractivity contribution in [2.45, 2.75) is 6.42 Å². The molecular formula is C13H19ClN4O2. The SMILES string of the molecule is CN(C)CCCNC(=O)C(=O)Nc1ccc(N)c(Cl)c1. The van der Waals surface area contributed by atoms with E-state index in [9.17, 15) is 9.59 Å². The van der Waals surface area contributed by atoms with E-state index in [4.69, 9.17) is 17.3 Å². The molecule has 0 aliphatic rings. The third kappa shape index (κ3) is 5.46. The first kappa shape index (κ1) is 16.3. The number of nitrogens with two attached hydrogens (primary N) is 1. The molecule has 0 saturated heterocycles. The highest BCUT2D eigenvalue weighted by Gasteiger charge is 2.13. The minimum absolute atomic E-state index is 0.328. The summed E-state index contributed by atoms with van der Waals surface area (Å²) < 4.78 is 0. The van der Waals surface area contributed by atoms with Crippen LogP contribution in [0.5, 0.6) is 0 Å². The van der Waals surface area contributed by atoms with Crippen molar-refractivity contribution in [1.82, 2.24) is 10.2 Å². The zero-order valence-corrected chi connectivity index (χ0v) is 12.3. The van der Waals surface area contributed by atoms with E-state index >= 15 is 0 Å². The second-order valence-corrected chi connectivity index (χ2v) is 5.01. The molecule has 0 saturated carbocycles. The molecule has 110 valence electrons. The summed E-state index contributed by atoms with van der Waals surface area (Å²) in [5, 5.41) is 5.33. The Labute approximate surface area is 123 Å². The summed E-state index contributed by atoms with van der Waals surface area (Å²) >= 11 is 5.83. The lowest BCUT2D eigenvalue weighted by molar-refractivity contribution is -0.136. The van der Waals surface area contributed by atoms with Crippen LogP contribution < -0.4 is 16.4 Å². The van der Waals surface area contributed by atoms with Gasteiger partial charge >= 0.3 is 11.8 Å². The lowest BCUT2D eigenvalue weighted by atomic mass is 10.3. The van der Waals surface area contributed by atoms with Gasteiger partial charge in [0.05, 0.1) is 10.7 Å². The lowest BCUT2D eigenvalue weighted by Crippen LogP contribution is -2.36. The molecule has 7 heteroatoms. The van der Waals surface area contributed by atoms with Gasteiger partial charge in [0.2, 0.25) is 0 Å². The van der Waals surface area contributed by atoms with Crippen LogP contribution >= 0.6 is 11.6 Å². The topological polar surface area (TPSA) is 87.5 Å². The largest absolute Gasteiger partial charge is 0.398 e. The van der Waals surface area contributed by atoms with Gasteiger partial charge in [-0.3, -0.25) is 9.59 Å². The van der Waals surface area contributed by atoms with Crippen molar-refractivity contribution in [3.8, 4) is 0 Å². The van der Waals surface area contributed by atoms with E-state index in [0.717, 1.165) is 13.0 Å². The molecule has 0 spiro atoms. The van der Waals surface area contributed by atoms with Crippen LogP contribution in [0.15, 0.2) is 18.2 Å². The van der Waals surface area contributed by atoms with Crippen LogP contribution in [0.3, 0.4) is 0 Å². The fraction of sp³-hybridized carbons (Fsp3) is 0.385. The van der Waals surface area contributed by atoms with Crippen molar-refractivity contribution in [2.24, 2.45) is 0 Å². The summed E-state index contributed by atoms with van der Waals surface area (Å²) in [4.78, 5) is 25.2. The van der Waals surface area contributed by atoms with Gasteiger partial charge in [-0.25, -0.2) is 0 Å². The van der Waals surface area contributed by atoms with Gasteiger partial charge in [0.1, 0.15) is 0 Å². The van der Waals surface area contributed by atoms with Crippen LogP contribution in [-0.2, 0) is 9.59 Å². The van der Waals surface area contributed by atoms with Crippen LogP contribution in [0.4, 0.5) is 11.4 Å². The molecule has 0 unspecified atom stereocenters.